The summed E-state index contributed by atoms with van der Waals surface area (Å²) < 4.78 is 30.3. The van der Waals surface area contributed by atoms with Crippen molar-refractivity contribution in [2.75, 3.05) is 12.4 Å². The van der Waals surface area contributed by atoms with Crippen molar-refractivity contribution >= 4 is 9.84 Å². The second kappa shape index (κ2) is 8.42. The normalized spacial score (nSPS) is 16.5. The molecule has 1 heterocycles. The highest BCUT2D eigenvalue weighted by Crippen LogP contribution is 2.31. The van der Waals surface area contributed by atoms with Crippen LogP contribution < -0.4 is 4.74 Å². The van der Waals surface area contributed by atoms with Crippen LogP contribution in [0, 0.1) is 12.8 Å². The first-order valence-electron chi connectivity index (χ1n) is 9.71. The predicted molar refractivity (Wildman–Crippen MR) is 109 cm³/mol. The standard InChI is InChI=1S/C22H29NO3S/c1-16(2)27(24,25)15-19-11-20-8-9-22(13-21(20)12-19)26-10-4-5-18-7-6-17(3)23-14-18/h6-9,13-14,16,19H,4-5,10-12,15H2,1-3H3/t19-/m0/s1. The Balaban J connectivity index is 1.49. The lowest BCUT2D eigenvalue weighted by Crippen LogP contribution is -2.23. The van der Waals surface area contributed by atoms with Crippen molar-refractivity contribution in [3.05, 3.63) is 58.9 Å². The highest BCUT2D eigenvalue weighted by Gasteiger charge is 2.28. The summed E-state index contributed by atoms with van der Waals surface area (Å²) in [6.45, 7) is 6.17. The van der Waals surface area contributed by atoms with Gasteiger partial charge in [0.2, 0.25) is 0 Å². The second-order valence-electron chi connectivity index (χ2n) is 7.84. The summed E-state index contributed by atoms with van der Waals surface area (Å²) >= 11 is 0. The molecule has 0 N–H and O–H groups in total. The molecule has 27 heavy (non-hydrogen) atoms. The van der Waals surface area contributed by atoms with Crippen molar-refractivity contribution < 1.29 is 13.2 Å². The van der Waals surface area contributed by atoms with E-state index in [0.29, 0.717) is 6.61 Å². The Bertz CT molecular complexity index is 873. The number of hydrogen-bond acceptors (Lipinski definition) is 4. The Morgan fingerprint density at radius 3 is 2.63 bits per heavy atom. The first-order chi connectivity index (χ1) is 12.8. The molecule has 0 radical (unpaired) electrons. The van der Waals surface area contributed by atoms with E-state index in [9.17, 15) is 8.42 Å². The molecular weight excluding hydrogens is 358 g/mol. The van der Waals surface area contributed by atoms with Gasteiger partial charge in [-0.25, -0.2) is 8.42 Å². The van der Waals surface area contributed by atoms with Gasteiger partial charge in [-0.15, -0.1) is 0 Å². The molecule has 0 fully saturated rings. The zero-order chi connectivity index (χ0) is 19.4. The summed E-state index contributed by atoms with van der Waals surface area (Å²) in [5.41, 5.74) is 4.76. The predicted octanol–water partition coefficient (Wildman–Crippen LogP) is 3.94. The molecule has 1 aliphatic carbocycles. The maximum absolute atomic E-state index is 12.2. The van der Waals surface area contributed by atoms with E-state index < -0.39 is 9.84 Å². The zero-order valence-corrected chi connectivity index (χ0v) is 17.3. The van der Waals surface area contributed by atoms with E-state index in [1.54, 1.807) is 13.8 Å². The van der Waals surface area contributed by atoms with Crippen molar-refractivity contribution in [1.82, 2.24) is 4.98 Å². The molecule has 0 spiro atoms. The summed E-state index contributed by atoms with van der Waals surface area (Å²) in [7, 11) is -2.99. The van der Waals surface area contributed by atoms with Crippen LogP contribution >= 0.6 is 0 Å². The van der Waals surface area contributed by atoms with Gasteiger partial charge in [-0.2, -0.15) is 0 Å². The van der Waals surface area contributed by atoms with Crippen LogP contribution in [-0.2, 0) is 29.1 Å². The van der Waals surface area contributed by atoms with Crippen molar-refractivity contribution in [3.63, 3.8) is 0 Å². The first-order valence-corrected chi connectivity index (χ1v) is 11.4. The minimum absolute atomic E-state index is 0.191. The Morgan fingerprint density at radius 1 is 1.15 bits per heavy atom. The number of aromatic nitrogens is 1. The molecule has 1 aromatic carbocycles. The average molecular weight is 388 g/mol. The van der Waals surface area contributed by atoms with Gasteiger partial charge in [0, 0.05) is 11.9 Å². The fourth-order valence-corrected chi connectivity index (χ4v) is 4.80. The van der Waals surface area contributed by atoms with Crippen LogP contribution in [-0.4, -0.2) is 31.0 Å². The van der Waals surface area contributed by atoms with Gasteiger partial charge in [0.05, 0.1) is 17.6 Å². The molecule has 0 saturated heterocycles. The van der Waals surface area contributed by atoms with Gasteiger partial charge >= 0.3 is 0 Å². The van der Waals surface area contributed by atoms with Gasteiger partial charge in [-0.05, 0) is 87.3 Å². The largest absolute Gasteiger partial charge is 0.494 e. The molecule has 2 aromatic rings. The molecule has 0 unspecified atom stereocenters. The second-order valence-corrected chi connectivity index (χ2v) is 10.4. The first kappa shape index (κ1) is 19.9. The molecule has 0 aliphatic heterocycles. The summed E-state index contributed by atoms with van der Waals surface area (Å²) in [5.74, 6) is 1.35. The van der Waals surface area contributed by atoms with Crippen molar-refractivity contribution in [1.29, 1.82) is 0 Å². The molecule has 0 bridgehead atoms. The fourth-order valence-electron chi connectivity index (χ4n) is 3.53. The number of ether oxygens (including phenoxy) is 1. The van der Waals surface area contributed by atoms with E-state index >= 15 is 0 Å². The van der Waals surface area contributed by atoms with E-state index in [2.05, 4.69) is 23.2 Å². The molecule has 0 amide bonds. The lowest BCUT2D eigenvalue weighted by molar-refractivity contribution is 0.310. The number of rotatable bonds is 8. The fraction of sp³-hybridized carbons (Fsp3) is 0.500. The van der Waals surface area contributed by atoms with Crippen molar-refractivity contribution in [2.45, 2.75) is 51.7 Å². The van der Waals surface area contributed by atoms with Crippen LogP contribution in [0.1, 0.15) is 42.7 Å². The van der Waals surface area contributed by atoms with E-state index in [0.717, 1.165) is 37.1 Å². The molecule has 1 atom stereocenters. The molecule has 1 aromatic heterocycles. The summed E-state index contributed by atoms with van der Waals surface area (Å²) in [6, 6.07) is 10.3. The molecule has 0 saturated carbocycles. The summed E-state index contributed by atoms with van der Waals surface area (Å²) in [6.07, 6.45) is 5.50. The lowest BCUT2D eigenvalue weighted by Gasteiger charge is -2.12. The molecule has 5 heteroatoms. The van der Waals surface area contributed by atoms with Gasteiger partial charge in [0.15, 0.2) is 9.84 Å². The van der Waals surface area contributed by atoms with Crippen LogP contribution in [0.5, 0.6) is 5.75 Å². The number of nitrogens with zero attached hydrogens (tertiary/aromatic N) is 1. The maximum atomic E-state index is 12.2. The number of fused-ring (bicyclic) bond motifs is 1. The third kappa shape index (κ3) is 5.32. The summed E-state index contributed by atoms with van der Waals surface area (Å²) in [4.78, 5) is 4.31. The number of aryl methyl sites for hydroxylation is 2. The Kier molecular flexibility index (Phi) is 6.20. The van der Waals surface area contributed by atoms with Gasteiger partial charge in [-0.3, -0.25) is 4.98 Å². The van der Waals surface area contributed by atoms with Crippen LogP contribution in [0.4, 0.5) is 0 Å². The van der Waals surface area contributed by atoms with E-state index in [1.807, 2.05) is 25.3 Å². The molecule has 146 valence electrons. The highest BCUT2D eigenvalue weighted by molar-refractivity contribution is 7.91. The lowest BCUT2D eigenvalue weighted by atomic mass is 10.1. The Labute approximate surface area is 162 Å². The Hall–Kier alpha value is -1.88. The third-order valence-corrected chi connectivity index (χ3v) is 7.60. The van der Waals surface area contributed by atoms with Gasteiger partial charge in [-0.1, -0.05) is 12.1 Å². The number of pyridine rings is 1. The van der Waals surface area contributed by atoms with Crippen molar-refractivity contribution in [3.8, 4) is 5.75 Å². The van der Waals surface area contributed by atoms with Gasteiger partial charge in [0.25, 0.3) is 0 Å². The molecule has 4 nitrogen and oxygen atoms in total. The summed E-state index contributed by atoms with van der Waals surface area (Å²) in [5, 5.41) is -0.302. The molecule has 3 rings (SSSR count). The zero-order valence-electron chi connectivity index (χ0n) is 16.4. The van der Waals surface area contributed by atoms with Crippen LogP contribution in [0.15, 0.2) is 36.5 Å². The van der Waals surface area contributed by atoms with E-state index in [1.165, 1.54) is 16.7 Å². The highest BCUT2D eigenvalue weighted by atomic mass is 32.2. The van der Waals surface area contributed by atoms with Crippen molar-refractivity contribution in [2.24, 2.45) is 5.92 Å². The maximum Gasteiger partial charge on any atom is 0.152 e. The Morgan fingerprint density at radius 2 is 1.93 bits per heavy atom. The third-order valence-electron chi connectivity index (χ3n) is 5.23. The number of hydrogen-bond donors (Lipinski definition) is 0. The smallest absolute Gasteiger partial charge is 0.152 e. The SMILES string of the molecule is Cc1ccc(CCCOc2ccc3c(c2)C[C@@H](CS(=O)(=O)C(C)C)C3)cn1. The quantitative estimate of drug-likeness (QED) is 0.644. The van der Waals surface area contributed by atoms with Crippen LogP contribution in [0.3, 0.4) is 0 Å². The van der Waals surface area contributed by atoms with E-state index in [4.69, 9.17) is 4.74 Å². The monoisotopic (exact) mass is 387 g/mol. The van der Waals surface area contributed by atoms with Gasteiger partial charge in [0.1, 0.15) is 5.75 Å². The van der Waals surface area contributed by atoms with Gasteiger partial charge < -0.3 is 4.74 Å². The average Bonchev–Trinajstić information content (AvgIpc) is 3.00. The molecule has 1 aliphatic rings. The van der Waals surface area contributed by atoms with Crippen LogP contribution in [0.2, 0.25) is 0 Å². The number of benzene rings is 1. The molecular formula is C22H29NO3S. The topological polar surface area (TPSA) is 56.3 Å². The van der Waals surface area contributed by atoms with Crippen LogP contribution in [0.25, 0.3) is 0 Å². The van der Waals surface area contributed by atoms with E-state index in [-0.39, 0.29) is 16.9 Å². The minimum Gasteiger partial charge on any atom is -0.494 e. The number of sulfone groups is 1. The minimum atomic E-state index is -2.99.